The Morgan fingerprint density at radius 3 is 2.11 bits per heavy atom. The van der Waals surface area contributed by atoms with Crippen LogP contribution >= 0.6 is 11.3 Å². The summed E-state index contributed by atoms with van der Waals surface area (Å²) in [5.74, 6) is 0. The highest BCUT2D eigenvalue weighted by molar-refractivity contribution is 7.13. The fourth-order valence-corrected chi connectivity index (χ4v) is 6.56. The predicted octanol–water partition coefficient (Wildman–Crippen LogP) is 8.89. The molecule has 0 amide bonds. The highest BCUT2D eigenvalue weighted by Crippen LogP contribution is 2.40. The average molecular weight is 494 g/mol. The van der Waals surface area contributed by atoms with Gasteiger partial charge in [-0.2, -0.15) is 0 Å². The molecule has 0 bridgehead atoms. The van der Waals surface area contributed by atoms with Gasteiger partial charge in [0.05, 0.1) is 27.9 Å². The molecule has 37 heavy (non-hydrogen) atoms. The zero-order valence-electron chi connectivity index (χ0n) is 20.1. The minimum atomic E-state index is 0.844. The number of rotatable bonds is 3. The number of fused-ring (bicyclic) bond motifs is 6. The van der Waals surface area contributed by atoms with Gasteiger partial charge in [-0.15, -0.1) is 11.3 Å². The van der Waals surface area contributed by atoms with E-state index in [1.54, 1.807) is 11.3 Å². The molecule has 0 unspecified atom stereocenters. The summed E-state index contributed by atoms with van der Waals surface area (Å²) in [7, 11) is 0. The maximum Gasteiger partial charge on any atom is 0.0698 e. The van der Waals surface area contributed by atoms with Crippen molar-refractivity contribution in [3.63, 3.8) is 0 Å². The Balaban J connectivity index is 1.38. The third kappa shape index (κ3) is 3.06. The number of anilines is 1. The van der Waals surface area contributed by atoms with E-state index in [1.165, 1.54) is 54.5 Å². The molecule has 0 radical (unpaired) electrons. The topological polar surface area (TPSA) is 21.9 Å². The van der Waals surface area contributed by atoms with E-state index >= 15 is 0 Å². The molecule has 176 valence electrons. The summed E-state index contributed by atoms with van der Waals surface area (Å²) >= 11 is 1.78. The molecule has 3 nitrogen and oxygen atoms in total. The van der Waals surface area contributed by atoms with Crippen LogP contribution in [-0.4, -0.2) is 15.7 Å². The van der Waals surface area contributed by atoms with E-state index in [4.69, 9.17) is 0 Å². The van der Waals surface area contributed by atoms with Gasteiger partial charge in [0, 0.05) is 39.0 Å². The van der Waals surface area contributed by atoms with Crippen molar-refractivity contribution in [1.82, 2.24) is 9.13 Å². The highest BCUT2D eigenvalue weighted by Gasteiger charge is 2.20. The normalized spacial score (nSPS) is 12.9. The molecule has 0 spiro atoms. The Morgan fingerprint density at radius 2 is 1.35 bits per heavy atom. The van der Waals surface area contributed by atoms with Crippen LogP contribution < -0.4 is 5.32 Å². The predicted molar refractivity (Wildman–Crippen MR) is 158 cm³/mol. The van der Waals surface area contributed by atoms with E-state index < -0.39 is 0 Å². The lowest BCUT2D eigenvalue weighted by Crippen LogP contribution is -2.06. The molecule has 0 saturated carbocycles. The van der Waals surface area contributed by atoms with Crippen molar-refractivity contribution in [3.8, 4) is 21.8 Å². The molecule has 3 aromatic heterocycles. The lowest BCUT2D eigenvalue weighted by molar-refractivity contribution is 1.08. The number of para-hydroxylation sites is 2. The monoisotopic (exact) mass is 493 g/mol. The minimum Gasteiger partial charge on any atom is -0.379 e. The van der Waals surface area contributed by atoms with Gasteiger partial charge >= 0.3 is 0 Å². The summed E-state index contributed by atoms with van der Waals surface area (Å²) in [5, 5.41) is 9.60. The second-order valence-electron chi connectivity index (χ2n) is 9.48. The first-order chi connectivity index (χ1) is 18.4. The van der Waals surface area contributed by atoms with E-state index in [2.05, 4.69) is 135 Å². The summed E-state index contributed by atoms with van der Waals surface area (Å²) in [5.41, 5.74) is 9.64. The zero-order valence-corrected chi connectivity index (χ0v) is 20.9. The van der Waals surface area contributed by atoms with Gasteiger partial charge in [-0.1, -0.05) is 60.7 Å². The maximum absolute atomic E-state index is 3.65. The Labute approximate surface area is 218 Å². The molecule has 8 rings (SSSR count). The smallest absolute Gasteiger partial charge is 0.0698 e. The van der Waals surface area contributed by atoms with Crippen molar-refractivity contribution in [3.05, 3.63) is 120 Å². The van der Waals surface area contributed by atoms with Gasteiger partial charge in [0.1, 0.15) is 0 Å². The fraction of sp³-hybridized carbons (Fsp3) is 0.0303. The molecule has 1 aliphatic rings. The largest absolute Gasteiger partial charge is 0.379 e. The molecule has 0 saturated heterocycles. The van der Waals surface area contributed by atoms with Crippen LogP contribution in [0.4, 0.5) is 5.69 Å². The second kappa shape index (κ2) is 7.99. The average Bonchev–Trinajstić information content (AvgIpc) is 3.68. The van der Waals surface area contributed by atoms with Crippen molar-refractivity contribution in [2.45, 2.75) is 0 Å². The Hall–Kier alpha value is -4.54. The molecule has 4 heterocycles. The molecular formula is C33H23N3S. The second-order valence-corrected chi connectivity index (χ2v) is 10.4. The van der Waals surface area contributed by atoms with Gasteiger partial charge in [0.25, 0.3) is 0 Å². The number of nitrogens with zero attached hydrogens (tertiary/aromatic N) is 2. The summed E-state index contributed by atoms with van der Waals surface area (Å²) in [6, 6.07) is 37.4. The van der Waals surface area contributed by atoms with E-state index in [0.29, 0.717) is 0 Å². The molecule has 0 atom stereocenters. The number of hydrogen-bond donors (Lipinski definition) is 1. The first-order valence-corrected chi connectivity index (χ1v) is 13.5. The minimum absolute atomic E-state index is 0.844. The molecule has 1 N–H and O–H groups in total. The lowest BCUT2D eigenvalue weighted by atomic mass is 10.1. The van der Waals surface area contributed by atoms with Crippen LogP contribution in [0.5, 0.6) is 0 Å². The summed E-state index contributed by atoms with van der Waals surface area (Å²) in [6.45, 7) is 0.844. The van der Waals surface area contributed by atoms with Crippen molar-refractivity contribution in [1.29, 1.82) is 0 Å². The van der Waals surface area contributed by atoms with Crippen LogP contribution in [0.25, 0.3) is 60.6 Å². The fourth-order valence-electron chi connectivity index (χ4n) is 5.83. The zero-order chi connectivity index (χ0) is 24.3. The first kappa shape index (κ1) is 20.6. The number of hydrogen-bond acceptors (Lipinski definition) is 2. The van der Waals surface area contributed by atoms with Crippen LogP contribution in [0.3, 0.4) is 0 Å². The molecule has 7 aromatic rings. The van der Waals surface area contributed by atoms with Gasteiger partial charge in [-0.25, -0.2) is 0 Å². The van der Waals surface area contributed by atoms with Gasteiger partial charge in [0.2, 0.25) is 0 Å². The van der Waals surface area contributed by atoms with E-state index in [0.717, 1.165) is 17.9 Å². The van der Waals surface area contributed by atoms with Gasteiger partial charge < -0.3 is 14.5 Å². The molecular weight excluding hydrogens is 470 g/mol. The highest BCUT2D eigenvalue weighted by atomic mass is 32.1. The Kier molecular flexibility index (Phi) is 4.45. The molecule has 4 heteroatoms. The van der Waals surface area contributed by atoms with Crippen molar-refractivity contribution in [2.24, 2.45) is 0 Å². The first-order valence-electron chi connectivity index (χ1n) is 12.6. The van der Waals surface area contributed by atoms with Crippen molar-refractivity contribution in [2.75, 3.05) is 11.9 Å². The van der Waals surface area contributed by atoms with E-state index in [-0.39, 0.29) is 0 Å². The van der Waals surface area contributed by atoms with Gasteiger partial charge in [-0.3, -0.25) is 0 Å². The molecule has 0 fully saturated rings. The van der Waals surface area contributed by atoms with Crippen LogP contribution in [0.15, 0.2) is 115 Å². The van der Waals surface area contributed by atoms with Crippen LogP contribution in [0.2, 0.25) is 0 Å². The third-order valence-corrected chi connectivity index (χ3v) is 8.33. The Morgan fingerprint density at radius 1 is 0.622 bits per heavy atom. The Bertz CT molecular complexity index is 1930. The van der Waals surface area contributed by atoms with Crippen molar-refractivity contribution >= 4 is 55.8 Å². The van der Waals surface area contributed by atoms with Gasteiger partial charge in [0.15, 0.2) is 0 Å². The summed E-state index contributed by atoms with van der Waals surface area (Å²) < 4.78 is 4.78. The standard InChI is InChI=1S/C33H23N3S/c1-3-12-28-25(10-1)26-11-2-4-13-29(26)35(28)23-8-5-9-24(21-23)36-30-17-16-22(32-15-7-19-37-32)20-27(30)33-31(36)14-6-18-34-33/h1-17,19-21,34H,18H2. The maximum atomic E-state index is 3.65. The summed E-state index contributed by atoms with van der Waals surface area (Å²) in [4.78, 5) is 1.29. The van der Waals surface area contributed by atoms with Crippen LogP contribution in [0, 0.1) is 0 Å². The molecule has 0 aliphatic carbocycles. The van der Waals surface area contributed by atoms with Crippen LogP contribution in [0.1, 0.15) is 5.69 Å². The molecule has 4 aromatic carbocycles. The van der Waals surface area contributed by atoms with E-state index in [1.807, 2.05) is 0 Å². The number of nitrogens with one attached hydrogen (secondary N) is 1. The van der Waals surface area contributed by atoms with Crippen LogP contribution in [-0.2, 0) is 0 Å². The lowest BCUT2D eigenvalue weighted by Gasteiger charge is -2.15. The van der Waals surface area contributed by atoms with Crippen molar-refractivity contribution < 1.29 is 0 Å². The van der Waals surface area contributed by atoms with Gasteiger partial charge in [-0.05, 0) is 65.6 Å². The third-order valence-electron chi connectivity index (χ3n) is 7.41. The number of benzene rings is 4. The SMILES string of the molecule is C1=Cc2c(c3cc(-c4cccs4)ccc3n2-c2cccc(-n3c4ccccc4c4ccccc43)c2)NC1. The number of aromatic nitrogens is 2. The summed E-state index contributed by atoms with van der Waals surface area (Å²) in [6.07, 6.45) is 4.46. The quantitative estimate of drug-likeness (QED) is 0.261. The molecule has 1 aliphatic heterocycles. The van der Waals surface area contributed by atoms with E-state index in [9.17, 15) is 0 Å². The number of thiophene rings is 1.